The minimum Gasteiger partial charge on any atom is -0.427 e. The minimum atomic E-state index is -0.985. The average molecular weight is 522 g/mol. The highest BCUT2D eigenvalue weighted by atomic mass is 16.5. The number of hydrogen-bond acceptors (Lipinski definition) is 2. The third-order valence-corrected chi connectivity index (χ3v) is 8.07. The van der Waals surface area contributed by atoms with Gasteiger partial charge >= 0.3 is 7.48 Å². The molecule has 1 radical (unpaired) electrons. The van der Waals surface area contributed by atoms with E-state index in [2.05, 4.69) is 120 Å². The Labute approximate surface area is 237 Å². The molecular formula is C36H33BNO2. The number of hydrogen-bond donors (Lipinski definition) is 1. The summed E-state index contributed by atoms with van der Waals surface area (Å²) in [5.74, 6) is 0. The van der Waals surface area contributed by atoms with Crippen LogP contribution in [0.25, 0.3) is 49.7 Å². The van der Waals surface area contributed by atoms with Gasteiger partial charge in [-0.3, -0.25) is 0 Å². The Balaban J connectivity index is 1.50. The topological polar surface area (TPSA) is 34.4 Å². The summed E-state index contributed by atoms with van der Waals surface area (Å²) in [7, 11) is 1.75. The van der Waals surface area contributed by atoms with Gasteiger partial charge in [0.25, 0.3) is 0 Å². The Bertz CT molecular complexity index is 1700. The zero-order valence-electron chi connectivity index (χ0n) is 23.4. The van der Waals surface area contributed by atoms with Gasteiger partial charge in [0.1, 0.15) is 0 Å². The van der Waals surface area contributed by atoms with Gasteiger partial charge in [0, 0.05) is 16.5 Å². The van der Waals surface area contributed by atoms with E-state index in [9.17, 15) is 5.11 Å². The lowest BCUT2D eigenvalue weighted by Gasteiger charge is -2.37. The summed E-state index contributed by atoms with van der Waals surface area (Å²) in [4.78, 5) is 0. The molecule has 3 nitrogen and oxygen atoms in total. The van der Waals surface area contributed by atoms with Crippen LogP contribution in [0.3, 0.4) is 0 Å². The summed E-state index contributed by atoms with van der Waals surface area (Å²) in [5.41, 5.74) is 7.36. The molecule has 0 bridgehead atoms. The van der Waals surface area contributed by atoms with Crippen LogP contribution in [0, 0.1) is 0 Å². The van der Waals surface area contributed by atoms with Crippen molar-refractivity contribution in [3.05, 3.63) is 121 Å². The van der Waals surface area contributed by atoms with Crippen LogP contribution in [0.1, 0.15) is 27.7 Å². The highest BCUT2D eigenvalue weighted by Gasteiger charge is 2.35. The van der Waals surface area contributed by atoms with E-state index in [1.165, 1.54) is 33.0 Å². The normalized spacial score (nSPS) is 12.2. The van der Waals surface area contributed by atoms with Crippen LogP contribution in [-0.2, 0) is 4.65 Å². The monoisotopic (exact) mass is 522 g/mol. The van der Waals surface area contributed by atoms with Crippen LogP contribution in [-0.4, -0.2) is 28.4 Å². The molecule has 0 aliphatic rings. The van der Waals surface area contributed by atoms with E-state index in [-0.39, 0.29) is 0 Å². The highest BCUT2D eigenvalue weighted by molar-refractivity contribution is 6.47. The average Bonchev–Trinajstić information content (AvgIpc) is 3.29. The number of benzene rings is 5. The molecule has 0 amide bonds. The van der Waals surface area contributed by atoms with Gasteiger partial charge in [0.2, 0.25) is 0 Å². The first kappa shape index (κ1) is 26.1. The molecule has 0 atom stereocenters. The number of nitrogens with zero attached hydrogens (tertiary/aromatic N) is 1. The molecule has 40 heavy (non-hydrogen) atoms. The molecular weight excluding hydrogens is 489 g/mol. The first-order valence-electron chi connectivity index (χ1n) is 13.7. The Kier molecular flexibility index (Phi) is 6.62. The zero-order valence-corrected chi connectivity index (χ0v) is 23.4. The highest BCUT2D eigenvalue weighted by Crippen LogP contribution is 2.37. The Hall–Kier alpha value is -4.12. The van der Waals surface area contributed by atoms with E-state index in [0.29, 0.717) is 0 Å². The lowest BCUT2D eigenvalue weighted by atomic mass is 9.82. The van der Waals surface area contributed by atoms with Gasteiger partial charge in [0.05, 0.1) is 22.2 Å². The van der Waals surface area contributed by atoms with E-state index in [1.54, 1.807) is 21.3 Å². The van der Waals surface area contributed by atoms with E-state index < -0.39 is 11.2 Å². The van der Waals surface area contributed by atoms with Gasteiger partial charge in [-0.1, -0.05) is 90.4 Å². The summed E-state index contributed by atoms with van der Waals surface area (Å²) in [6.07, 6.45) is 0. The standard InChI is InChI=1S/C36H33BNO2/c1-35(2,39)36(3,4)40-37-29-16-11-17-30(24-29)38-33-20-18-27(25-12-7-5-8-13-25)22-31(33)32-23-28(19-21-34(32)38)26-14-9-6-10-15-26/h5-24,39H,1-4H3. The number of aliphatic hydroxyl groups is 1. The van der Waals surface area contributed by atoms with Crippen LogP contribution in [0.15, 0.2) is 121 Å². The fraction of sp³-hybridized carbons (Fsp3) is 0.167. The van der Waals surface area contributed by atoms with Crippen LogP contribution < -0.4 is 5.46 Å². The molecule has 197 valence electrons. The summed E-state index contributed by atoms with van der Waals surface area (Å²) in [6.45, 7) is 7.33. The maximum Gasteiger partial charge on any atom is 0.330 e. The summed E-state index contributed by atoms with van der Waals surface area (Å²) < 4.78 is 8.40. The zero-order chi connectivity index (χ0) is 27.9. The first-order chi connectivity index (χ1) is 19.2. The molecule has 4 heteroatoms. The van der Waals surface area contributed by atoms with Gasteiger partial charge in [-0.25, -0.2) is 0 Å². The third kappa shape index (κ3) is 4.85. The Morgan fingerprint density at radius 1 is 0.575 bits per heavy atom. The number of aromatic nitrogens is 1. The Morgan fingerprint density at radius 2 is 1.10 bits per heavy atom. The van der Waals surface area contributed by atoms with Crippen molar-refractivity contribution in [3.63, 3.8) is 0 Å². The fourth-order valence-electron chi connectivity index (χ4n) is 5.02. The molecule has 6 rings (SSSR count). The van der Waals surface area contributed by atoms with Crippen LogP contribution in [0.2, 0.25) is 0 Å². The van der Waals surface area contributed by atoms with Crippen molar-refractivity contribution in [1.82, 2.24) is 4.57 Å². The minimum absolute atomic E-state index is 0.739. The molecule has 1 N–H and O–H groups in total. The van der Waals surface area contributed by atoms with Crippen LogP contribution in [0.4, 0.5) is 0 Å². The lowest BCUT2D eigenvalue weighted by molar-refractivity contribution is -0.0893. The number of fused-ring (bicyclic) bond motifs is 3. The second-order valence-electron chi connectivity index (χ2n) is 11.4. The first-order valence-corrected chi connectivity index (χ1v) is 13.7. The summed E-state index contributed by atoms with van der Waals surface area (Å²) >= 11 is 0. The molecule has 1 aromatic heterocycles. The van der Waals surface area contributed by atoms with E-state index >= 15 is 0 Å². The van der Waals surface area contributed by atoms with E-state index in [1.807, 2.05) is 19.9 Å². The molecule has 0 saturated heterocycles. The van der Waals surface area contributed by atoms with Gasteiger partial charge < -0.3 is 14.3 Å². The quantitative estimate of drug-likeness (QED) is 0.216. The van der Waals surface area contributed by atoms with Crippen molar-refractivity contribution in [2.45, 2.75) is 38.9 Å². The van der Waals surface area contributed by atoms with E-state index in [4.69, 9.17) is 4.65 Å². The molecule has 0 aliphatic heterocycles. The summed E-state index contributed by atoms with van der Waals surface area (Å²) in [6, 6.07) is 42.9. The molecule has 0 aliphatic carbocycles. The van der Waals surface area contributed by atoms with Crippen molar-refractivity contribution < 1.29 is 9.76 Å². The van der Waals surface area contributed by atoms with Gasteiger partial charge in [-0.2, -0.15) is 0 Å². The SMILES string of the molecule is CC(C)(O)C(C)(C)O[B]c1cccc(-n2c3ccc(-c4ccccc4)cc3c3cc(-c4ccccc4)ccc32)c1. The van der Waals surface area contributed by atoms with Gasteiger partial charge in [0.15, 0.2) is 0 Å². The van der Waals surface area contributed by atoms with Crippen LogP contribution in [0.5, 0.6) is 0 Å². The van der Waals surface area contributed by atoms with Gasteiger partial charge in [-0.15, -0.1) is 0 Å². The second-order valence-corrected chi connectivity index (χ2v) is 11.4. The lowest BCUT2D eigenvalue weighted by Crippen LogP contribution is -2.49. The Morgan fingerprint density at radius 3 is 1.60 bits per heavy atom. The molecule has 1 heterocycles. The third-order valence-electron chi connectivity index (χ3n) is 8.07. The second kappa shape index (κ2) is 10.1. The predicted octanol–water partition coefficient (Wildman–Crippen LogP) is 7.93. The van der Waals surface area contributed by atoms with Crippen LogP contribution >= 0.6 is 0 Å². The maximum atomic E-state index is 10.5. The molecule has 6 aromatic rings. The smallest absolute Gasteiger partial charge is 0.330 e. The molecule has 5 aromatic carbocycles. The van der Waals surface area contributed by atoms with Crippen molar-refractivity contribution in [2.75, 3.05) is 0 Å². The van der Waals surface area contributed by atoms with E-state index in [0.717, 1.165) is 22.2 Å². The van der Waals surface area contributed by atoms with Crippen molar-refractivity contribution in [1.29, 1.82) is 0 Å². The van der Waals surface area contributed by atoms with Gasteiger partial charge in [-0.05, 0) is 86.3 Å². The summed E-state index contributed by atoms with van der Waals surface area (Å²) in [5, 5.41) is 12.9. The van der Waals surface area contributed by atoms with Crippen molar-refractivity contribution in [3.8, 4) is 27.9 Å². The number of rotatable bonds is 7. The van der Waals surface area contributed by atoms with Crippen molar-refractivity contribution >= 4 is 34.8 Å². The predicted molar refractivity (Wildman–Crippen MR) is 169 cm³/mol. The molecule has 0 unspecified atom stereocenters. The van der Waals surface area contributed by atoms with Crippen molar-refractivity contribution in [2.24, 2.45) is 0 Å². The largest absolute Gasteiger partial charge is 0.427 e. The maximum absolute atomic E-state index is 10.5. The molecule has 0 saturated carbocycles. The molecule has 0 spiro atoms. The molecule has 0 fully saturated rings. The fourth-order valence-corrected chi connectivity index (χ4v) is 5.02.